The summed E-state index contributed by atoms with van der Waals surface area (Å²) in [6.45, 7) is 13.0. The van der Waals surface area contributed by atoms with E-state index in [0.29, 0.717) is 0 Å². The zero-order valence-electron chi connectivity index (χ0n) is 14.4. The van der Waals surface area contributed by atoms with Gasteiger partial charge in [0, 0.05) is 9.52 Å². The molecule has 1 radical (unpaired) electrons. The van der Waals surface area contributed by atoms with Crippen molar-refractivity contribution in [2.45, 2.75) is 45.8 Å². The van der Waals surface area contributed by atoms with Crippen LogP contribution >= 0.6 is 24.8 Å². The van der Waals surface area contributed by atoms with Crippen LogP contribution in [0.5, 0.6) is 0 Å². The van der Waals surface area contributed by atoms with Gasteiger partial charge in [0.05, 0.1) is 0 Å². The van der Waals surface area contributed by atoms with E-state index in [1.165, 1.54) is 0 Å². The molecule has 0 saturated heterocycles. The van der Waals surface area contributed by atoms with Crippen LogP contribution in [0.4, 0.5) is 0 Å². The molecule has 0 spiro atoms. The van der Waals surface area contributed by atoms with Crippen molar-refractivity contribution in [3.63, 3.8) is 0 Å². The van der Waals surface area contributed by atoms with E-state index in [-0.39, 0.29) is 44.4 Å². The number of nitrogens with one attached hydrogen (secondary N) is 1. The molecule has 1 aliphatic carbocycles. The molecule has 131 valence electrons. The number of allylic oxidation sites excluding steroid dienone is 4. The Balaban J connectivity index is -0.0000000234. The first-order chi connectivity index (χ1) is 8.33. The average Bonchev–Trinajstić information content (AvgIpc) is 2.77. The molecule has 2 N–H and O–H groups in total. The fourth-order valence-corrected chi connectivity index (χ4v) is 0.340. The Morgan fingerprint density at radius 3 is 1.62 bits per heavy atom. The van der Waals surface area contributed by atoms with Crippen molar-refractivity contribution in [2.75, 3.05) is 6.61 Å². The Bertz CT molecular complexity index is 172. The van der Waals surface area contributed by atoms with Crippen molar-refractivity contribution in [3.05, 3.63) is 44.4 Å². The van der Waals surface area contributed by atoms with E-state index in [4.69, 9.17) is 10.8 Å². The van der Waals surface area contributed by atoms with Crippen LogP contribution in [0.25, 0.3) is 5.73 Å². The minimum atomic E-state index is -0.250. The van der Waals surface area contributed by atoms with E-state index < -0.39 is 0 Å². The first kappa shape index (κ1) is 43.2. The summed E-state index contributed by atoms with van der Waals surface area (Å²) in [6, 6.07) is 0. The van der Waals surface area contributed by atoms with Crippen molar-refractivity contribution >= 4 is 42.0 Å². The maximum absolute atomic E-state index is 7.46. The molecule has 1 aliphatic rings. The van der Waals surface area contributed by atoms with E-state index in [9.17, 15) is 0 Å². The maximum atomic E-state index is 7.46. The molecule has 0 heterocycles. The second-order valence-electron chi connectivity index (χ2n) is 4.05. The van der Waals surface area contributed by atoms with Gasteiger partial charge in [-0.15, -0.1) is 36.8 Å². The summed E-state index contributed by atoms with van der Waals surface area (Å²) in [5.41, 5.74) is 6.69. The van der Waals surface area contributed by atoms with Gasteiger partial charge in [-0.2, -0.15) is 6.08 Å². The van der Waals surface area contributed by atoms with Crippen molar-refractivity contribution in [3.8, 4) is 0 Å². The molecule has 0 aromatic carbocycles. The third-order valence-electron chi connectivity index (χ3n) is 0.586. The van der Waals surface area contributed by atoms with Gasteiger partial charge in [-0.05, 0) is 0 Å². The molecule has 0 atom stereocenters. The molecule has 0 fully saturated rings. The zero-order valence-corrected chi connectivity index (χ0v) is 20.2. The van der Waals surface area contributed by atoms with Gasteiger partial charge in [-0.25, -0.2) is 12.2 Å². The summed E-state index contributed by atoms with van der Waals surface area (Å²) in [7, 11) is 2.61. The van der Waals surface area contributed by atoms with Gasteiger partial charge in [0.15, 0.2) is 0 Å². The first-order valence-corrected chi connectivity index (χ1v) is 12.1. The minimum absolute atomic E-state index is 0. The van der Waals surface area contributed by atoms with Crippen LogP contribution in [-0.4, -0.2) is 34.4 Å². The average molecular weight is 407 g/mol. The van der Waals surface area contributed by atoms with Gasteiger partial charge < -0.3 is 25.2 Å². The van der Waals surface area contributed by atoms with Crippen LogP contribution in [0.3, 0.4) is 0 Å². The second kappa shape index (κ2) is 42.9. The fraction of sp³-hybridized carbons (Fsp3) is 0.571. The molecule has 0 unspecified atom stereocenters. The number of halogens is 2. The summed E-state index contributed by atoms with van der Waals surface area (Å²) >= 11 is 2.03. The molecule has 7 heteroatoms. The predicted octanol–water partition coefficient (Wildman–Crippen LogP) is 3.85. The van der Waals surface area contributed by atoms with Crippen LogP contribution in [-0.2, 0) is 19.2 Å². The van der Waals surface area contributed by atoms with Crippen LogP contribution in [0.2, 0.25) is 13.1 Å². The summed E-state index contributed by atoms with van der Waals surface area (Å²) in [4.78, 5) is 0. The SMILES string of the molecule is CC(C)(C)[NH-].C[SiH]C.Cl.Cl.[C-]1=CC=CC1.[CH2-]CO.[CH3-].[SiH2]=[Ti]. The van der Waals surface area contributed by atoms with E-state index in [0.717, 1.165) is 15.9 Å². The van der Waals surface area contributed by atoms with Crippen molar-refractivity contribution in [1.29, 1.82) is 0 Å². The fourth-order valence-electron chi connectivity index (χ4n) is 0.340. The Hall–Kier alpha value is 1.13. The van der Waals surface area contributed by atoms with Gasteiger partial charge in [0.1, 0.15) is 0 Å². The van der Waals surface area contributed by atoms with Crippen LogP contribution in [0, 0.1) is 20.4 Å². The third-order valence-corrected chi connectivity index (χ3v) is 0.586. The summed E-state index contributed by atoms with van der Waals surface area (Å²) in [5, 5.41) is 7.46. The zero-order chi connectivity index (χ0) is 15.4. The molecule has 0 amide bonds. The summed E-state index contributed by atoms with van der Waals surface area (Å²) in [6.07, 6.45) is 10.0. The molecule has 21 heavy (non-hydrogen) atoms. The summed E-state index contributed by atoms with van der Waals surface area (Å²) in [5.74, 6) is 0. The van der Waals surface area contributed by atoms with E-state index >= 15 is 0 Å². The van der Waals surface area contributed by atoms with Crippen molar-refractivity contribution in [1.82, 2.24) is 0 Å². The van der Waals surface area contributed by atoms with Gasteiger partial charge in [0.25, 0.3) is 0 Å². The van der Waals surface area contributed by atoms with Crippen LogP contribution in [0.1, 0.15) is 27.2 Å². The number of aliphatic hydroxyl groups excluding tert-OH is 1. The van der Waals surface area contributed by atoms with Gasteiger partial charge in [-0.3, -0.25) is 6.08 Å². The molecule has 0 aromatic rings. The summed E-state index contributed by atoms with van der Waals surface area (Å²) < 4.78 is 0. The number of hydrogen-bond donors (Lipinski definition) is 1. The van der Waals surface area contributed by atoms with Crippen molar-refractivity contribution < 1.29 is 24.3 Å². The quantitative estimate of drug-likeness (QED) is 0.481. The van der Waals surface area contributed by atoms with Crippen molar-refractivity contribution in [2.24, 2.45) is 0 Å². The molecule has 0 aliphatic heterocycles. The van der Waals surface area contributed by atoms with Crippen LogP contribution in [0.15, 0.2) is 18.2 Å². The van der Waals surface area contributed by atoms with E-state index in [1.807, 2.05) is 59.7 Å². The third kappa shape index (κ3) is 206. The van der Waals surface area contributed by atoms with Gasteiger partial charge in [-0.1, -0.05) is 40.5 Å². The normalized spacial score (nSPS) is 8.90. The molecule has 1 rings (SSSR count). The topological polar surface area (TPSA) is 44.0 Å². The Labute approximate surface area is 162 Å². The molecule has 0 bridgehead atoms. The Morgan fingerprint density at radius 2 is 1.57 bits per heavy atom. The van der Waals surface area contributed by atoms with Crippen LogP contribution < -0.4 is 0 Å². The second-order valence-corrected chi connectivity index (χ2v) is 5.21. The number of rotatable bonds is 0. The first-order valence-electron chi connectivity index (χ1n) is 5.79. The number of hydrogen-bond acceptors (Lipinski definition) is 1. The number of aliphatic hydroxyl groups is 1. The molecule has 2 nitrogen and oxygen atoms in total. The van der Waals surface area contributed by atoms with Gasteiger partial charge in [0.2, 0.25) is 0 Å². The molecular weight excluding hydrogens is 373 g/mol. The Morgan fingerprint density at radius 1 is 1.33 bits per heavy atom. The Kier molecular flexibility index (Phi) is 88.1. The predicted molar refractivity (Wildman–Crippen MR) is 106 cm³/mol. The molecule has 0 aromatic heterocycles. The molecular formula is C14H34Cl2NOSi2Ti-4. The van der Waals surface area contributed by atoms with E-state index in [1.54, 1.807) is 0 Å². The standard InChI is InChI=1S/C5H5.C4H10N.C2H5O.C2H7Si.CH3.2ClH.H2Si.Ti/c1-2-4-5-3-1;1-4(2,3)5;1-2-3;1-3-2;;;;;/h1-3H,4H2;5H,1-3H3;3H,1-2H2;3H,1-2H3;1H3;2*1H;1H2;/q3*-1;;-1;;;;. The monoisotopic (exact) mass is 406 g/mol. The molecule has 0 saturated carbocycles. The van der Waals surface area contributed by atoms with E-state index in [2.05, 4.69) is 32.2 Å². The van der Waals surface area contributed by atoms with Gasteiger partial charge >= 0.3 is 26.8 Å².